The number of fused-ring (bicyclic) bond motifs is 1. The van der Waals surface area contributed by atoms with Crippen LogP contribution in [-0.2, 0) is 11.8 Å². The number of nitrogens with zero attached hydrogens (tertiary/aromatic N) is 2. The van der Waals surface area contributed by atoms with Gasteiger partial charge in [0, 0.05) is 18.4 Å². The summed E-state index contributed by atoms with van der Waals surface area (Å²) >= 11 is 3.24. The third kappa shape index (κ3) is 4.97. The first-order valence-electron chi connectivity index (χ1n) is 9.18. The van der Waals surface area contributed by atoms with Crippen LogP contribution in [0.2, 0.25) is 0 Å². The summed E-state index contributed by atoms with van der Waals surface area (Å²) < 4.78 is 13.9. The summed E-state index contributed by atoms with van der Waals surface area (Å²) in [6.45, 7) is 2.57. The van der Waals surface area contributed by atoms with Gasteiger partial charge in [0.05, 0.1) is 18.4 Å². The minimum absolute atomic E-state index is 0.0875. The van der Waals surface area contributed by atoms with Crippen LogP contribution in [-0.4, -0.2) is 29.9 Å². The summed E-state index contributed by atoms with van der Waals surface area (Å²) in [5.41, 5.74) is 0.982. The fourth-order valence-electron chi connectivity index (χ4n) is 2.80. The third-order valence-corrected chi connectivity index (χ3v) is 6.36. The number of hydrogen-bond acceptors (Lipinski definition) is 5. The number of amides is 1. The molecule has 5 nitrogen and oxygen atoms in total. The number of carbonyl (C=O) groups is 1. The zero-order valence-corrected chi connectivity index (χ0v) is 17.9. The summed E-state index contributed by atoms with van der Waals surface area (Å²) in [5.74, 6) is 2.46. The predicted molar refractivity (Wildman–Crippen MR) is 115 cm³/mol. The molecular formula is C21H24N2O3S2. The molecule has 0 unspecified atom stereocenters. The number of para-hydroxylation sites is 1. The Morgan fingerprint density at radius 2 is 2.00 bits per heavy atom. The van der Waals surface area contributed by atoms with E-state index in [0.29, 0.717) is 17.8 Å². The lowest BCUT2D eigenvalue weighted by Gasteiger charge is -2.05. The lowest BCUT2D eigenvalue weighted by Crippen LogP contribution is -2.13. The molecule has 0 fully saturated rings. The number of aryl methyl sites for hydroxylation is 1. The highest BCUT2D eigenvalue weighted by Gasteiger charge is 2.10. The number of thiazole rings is 1. The van der Waals surface area contributed by atoms with Gasteiger partial charge in [0.15, 0.2) is 4.80 Å². The molecule has 0 saturated heterocycles. The van der Waals surface area contributed by atoms with Crippen LogP contribution in [0.3, 0.4) is 0 Å². The second-order valence-corrected chi connectivity index (χ2v) is 8.29. The van der Waals surface area contributed by atoms with Crippen molar-refractivity contribution in [3.05, 3.63) is 47.3 Å². The average Bonchev–Trinajstić information content (AvgIpc) is 3.02. The summed E-state index contributed by atoms with van der Waals surface area (Å²) in [6.07, 6.45) is 1.23. The molecule has 1 amide bonds. The molecule has 0 saturated carbocycles. The maximum atomic E-state index is 12.3. The van der Waals surface area contributed by atoms with Crippen molar-refractivity contribution in [2.75, 3.05) is 19.5 Å². The largest absolute Gasteiger partial charge is 0.497 e. The van der Waals surface area contributed by atoms with E-state index in [1.807, 2.05) is 61.0 Å². The van der Waals surface area contributed by atoms with E-state index in [0.717, 1.165) is 33.9 Å². The van der Waals surface area contributed by atoms with Gasteiger partial charge in [0.1, 0.15) is 17.0 Å². The van der Waals surface area contributed by atoms with Gasteiger partial charge >= 0.3 is 0 Å². The molecule has 7 heteroatoms. The van der Waals surface area contributed by atoms with E-state index in [1.165, 1.54) is 16.2 Å². The van der Waals surface area contributed by atoms with Gasteiger partial charge in [0.25, 0.3) is 0 Å². The van der Waals surface area contributed by atoms with E-state index in [4.69, 9.17) is 9.47 Å². The average molecular weight is 417 g/mol. The first-order chi connectivity index (χ1) is 13.6. The molecule has 0 aliphatic carbocycles. The van der Waals surface area contributed by atoms with Gasteiger partial charge in [-0.3, -0.25) is 4.79 Å². The van der Waals surface area contributed by atoms with E-state index in [2.05, 4.69) is 4.99 Å². The van der Waals surface area contributed by atoms with E-state index < -0.39 is 0 Å². The van der Waals surface area contributed by atoms with Crippen LogP contribution in [0.1, 0.15) is 19.8 Å². The molecule has 0 spiro atoms. The number of carbonyl (C=O) groups excluding carboxylic acids is 1. The van der Waals surface area contributed by atoms with Gasteiger partial charge in [-0.15, -0.1) is 11.8 Å². The normalized spacial score (nSPS) is 11.8. The van der Waals surface area contributed by atoms with Gasteiger partial charge < -0.3 is 14.0 Å². The van der Waals surface area contributed by atoms with E-state index >= 15 is 0 Å². The van der Waals surface area contributed by atoms with Crippen LogP contribution in [0.25, 0.3) is 10.2 Å². The van der Waals surface area contributed by atoms with Gasteiger partial charge in [-0.25, -0.2) is 0 Å². The maximum absolute atomic E-state index is 12.3. The number of rotatable bonds is 8. The maximum Gasteiger partial charge on any atom is 0.248 e. The topological polar surface area (TPSA) is 52.8 Å². The SMILES string of the molecule is CCOc1cccc2sc(=NC(=O)CCCSc3ccc(OC)cc3)n(C)c12. The highest BCUT2D eigenvalue weighted by atomic mass is 32.2. The Labute approximate surface area is 173 Å². The highest BCUT2D eigenvalue weighted by Crippen LogP contribution is 2.27. The van der Waals surface area contributed by atoms with Crippen molar-refractivity contribution in [2.24, 2.45) is 12.0 Å². The van der Waals surface area contributed by atoms with Gasteiger partial charge in [-0.1, -0.05) is 17.4 Å². The molecule has 0 atom stereocenters. The van der Waals surface area contributed by atoms with Gasteiger partial charge in [-0.2, -0.15) is 4.99 Å². The molecule has 0 N–H and O–H groups in total. The van der Waals surface area contributed by atoms with Crippen molar-refractivity contribution in [2.45, 2.75) is 24.7 Å². The number of ether oxygens (including phenoxy) is 2. The van der Waals surface area contributed by atoms with E-state index in [-0.39, 0.29) is 5.91 Å². The van der Waals surface area contributed by atoms with Crippen molar-refractivity contribution in [3.63, 3.8) is 0 Å². The number of aromatic nitrogens is 1. The second-order valence-electron chi connectivity index (χ2n) is 6.11. The van der Waals surface area contributed by atoms with E-state index in [1.54, 1.807) is 18.9 Å². The van der Waals surface area contributed by atoms with Crippen molar-refractivity contribution in [3.8, 4) is 11.5 Å². The second kappa shape index (κ2) is 9.80. The monoisotopic (exact) mass is 416 g/mol. The van der Waals surface area contributed by atoms with Gasteiger partial charge in [-0.05, 0) is 55.5 Å². The van der Waals surface area contributed by atoms with Crippen LogP contribution in [0.15, 0.2) is 52.4 Å². The Morgan fingerprint density at radius 1 is 1.21 bits per heavy atom. The lowest BCUT2D eigenvalue weighted by molar-refractivity contribution is -0.118. The Morgan fingerprint density at radius 3 is 2.71 bits per heavy atom. The molecular weight excluding hydrogens is 392 g/mol. The van der Waals surface area contributed by atoms with Crippen LogP contribution in [0.5, 0.6) is 11.5 Å². The Bertz CT molecular complexity index is 1010. The standard InChI is InChI=1S/C21H24N2O3S2/c1-4-26-17-7-5-8-18-20(17)23(2)21(28-18)22-19(24)9-6-14-27-16-12-10-15(25-3)11-13-16/h5,7-8,10-13H,4,6,9,14H2,1-3H3. The van der Waals surface area contributed by atoms with Crippen LogP contribution >= 0.6 is 23.1 Å². The smallest absolute Gasteiger partial charge is 0.248 e. The third-order valence-electron chi connectivity index (χ3n) is 4.17. The van der Waals surface area contributed by atoms with Crippen molar-refractivity contribution < 1.29 is 14.3 Å². The molecule has 0 aliphatic rings. The summed E-state index contributed by atoms with van der Waals surface area (Å²) in [5, 5.41) is 0. The zero-order valence-electron chi connectivity index (χ0n) is 16.3. The fourth-order valence-corrected chi connectivity index (χ4v) is 4.70. The quantitative estimate of drug-likeness (QED) is 0.396. The zero-order chi connectivity index (χ0) is 19.9. The molecule has 0 aliphatic heterocycles. The molecule has 3 aromatic rings. The molecule has 1 heterocycles. The first kappa shape index (κ1) is 20.5. The summed E-state index contributed by atoms with van der Waals surface area (Å²) in [4.78, 5) is 18.5. The Balaban J connectivity index is 1.61. The number of methoxy groups -OCH3 is 1. The molecule has 0 radical (unpaired) electrons. The molecule has 1 aromatic heterocycles. The predicted octanol–water partition coefficient (Wildman–Crippen LogP) is 4.65. The minimum Gasteiger partial charge on any atom is -0.497 e. The van der Waals surface area contributed by atoms with E-state index in [9.17, 15) is 4.79 Å². The van der Waals surface area contributed by atoms with Crippen molar-refractivity contribution >= 4 is 39.2 Å². The number of benzene rings is 2. The number of hydrogen-bond donors (Lipinski definition) is 0. The van der Waals surface area contributed by atoms with Crippen molar-refractivity contribution in [1.29, 1.82) is 0 Å². The highest BCUT2D eigenvalue weighted by molar-refractivity contribution is 7.99. The van der Waals surface area contributed by atoms with Gasteiger partial charge in [0.2, 0.25) is 5.91 Å². The first-order valence-corrected chi connectivity index (χ1v) is 11.0. The molecule has 3 rings (SSSR count). The minimum atomic E-state index is -0.0875. The summed E-state index contributed by atoms with van der Waals surface area (Å²) in [7, 11) is 3.58. The molecule has 2 aromatic carbocycles. The van der Waals surface area contributed by atoms with Crippen LogP contribution in [0, 0.1) is 0 Å². The molecule has 148 valence electrons. The fraction of sp³-hybridized carbons (Fsp3) is 0.333. The van der Waals surface area contributed by atoms with Crippen LogP contribution < -0.4 is 14.3 Å². The van der Waals surface area contributed by atoms with Crippen LogP contribution in [0.4, 0.5) is 0 Å². The Hall–Kier alpha value is -2.25. The Kier molecular flexibility index (Phi) is 7.17. The lowest BCUT2D eigenvalue weighted by atomic mass is 10.3. The number of thioether (sulfide) groups is 1. The molecule has 0 bridgehead atoms. The summed E-state index contributed by atoms with van der Waals surface area (Å²) in [6, 6.07) is 13.9. The van der Waals surface area contributed by atoms with Crippen molar-refractivity contribution in [1.82, 2.24) is 4.57 Å². The molecule has 28 heavy (non-hydrogen) atoms.